The predicted molar refractivity (Wildman–Crippen MR) is 88.5 cm³/mol. The van der Waals surface area contributed by atoms with Crippen molar-refractivity contribution in [2.24, 2.45) is 0 Å². The minimum Gasteiger partial charge on any atom is -0.457 e. The van der Waals surface area contributed by atoms with Crippen molar-refractivity contribution >= 4 is 11.1 Å². The molecule has 4 aromatic rings. The van der Waals surface area contributed by atoms with Crippen LogP contribution >= 0.6 is 0 Å². The molecule has 2 heterocycles. The number of aryl methyl sites for hydroxylation is 1. The van der Waals surface area contributed by atoms with Gasteiger partial charge in [-0.1, -0.05) is 35.5 Å². The molecule has 2 aromatic carbocycles. The second-order valence-electron chi connectivity index (χ2n) is 5.22. The molecule has 4 nitrogen and oxygen atoms in total. The number of nitrogens with zero attached hydrogens (tertiary/aromatic N) is 2. The summed E-state index contributed by atoms with van der Waals surface area (Å²) in [5.74, 6) is 1.56. The van der Waals surface area contributed by atoms with Crippen LogP contribution < -0.4 is 4.74 Å². The predicted octanol–water partition coefficient (Wildman–Crippen LogP) is 4.99. The number of pyridine rings is 1. The Labute approximate surface area is 133 Å². The van der Waals surface area contributed by atoms with Crippen LogP contribution in [0, 0.1) is 6.92 Å². The normalized spacial score (nSPS) is 10.8. The van der Waals surface area contributed by atoms with E-state index < -0.39 is 0 Å². The molecule has 0 aliphatic heterocycles. The fraction of sp³-hybridized carbons (Fsp3) is 0.0526. The zero-order valence-corrected chi connectivity index (χ0v) is 12.6. The summed E-state index contributed by atoms with van der Waals surface area (Å²) in [7, 11) is 0. The van der Waals surface area contributed by atoms with Gasteiger partial charge >= 0.3 is 0 Å². The van der Waals surface area contributed by atoms with Crippen LogP contribution in [0.4, 0.5) is 0 Å². The molecule has 0 atom stereocenters. The lowest BCUT2D eigenvalue weighted by Crippen LogP contribution is -1.90. The van der Waals surface area contributed by atoms with Crippen LogP contribution in [0.25, 0.3) is 22.4 Å². The minimum atomic E-state index is 0.688. The van der Waals surface area contributed by atoms with Crippen molar-refractivity contribution in [2.75, 3.05) is 0 Å². The Morgan fingerprint density at radius 2 is 1.65 bits per heavy atom. The molecule has 0 aliphatic carbocycles. The van der Waals surface area contributed by atoms with Crippen LogP contribution in [0.3, 0.4) is 0 Å². The molecule has 2 aromatic heterocycles. The fourth-order valence-corrected chi connectivity index (χ4v) is 2.47. The van der Waals surface area contributed by atoms with Crippen LogP contribution in [0.2, 0.25) is 0 Å². The average molecular weight is 302 g/mol. The van der Waals surface area contributed by atoms with Gasteiger partial charge in [-0.05, 0) is 43.3 Å². The SMILES string of the molecule is Cc1noc2ccc(-c3ccccc3Oc3ccccc3)nc12. The molecule has 0 amide bonds. The smallest absolute Gasteiger partial charge is 0.185 e. The third-order valence-corrected chi connectivity index (χ3v) is 3.62. The lowest BCUT2D eigenvalue weighted by atomic mass is 10.1. The molecule has 0 N–H and O–H groups in total. The Morgan fingerprint density at radius 3 is 2.52 bits per heavy atom. The first kappa shape index (κ1) is 13.5. The second kappa shape index (κ2) is 5.57. The van der Waals surface area contributed by atoms with Crippen LogP contribution in [0.15, 0.2) is 71.3 Å². The quantitative estimate of drug-likeness (QED) is 0.535. The Balaban J connectivity index is 1.80. The first-order valence-electron chi connectivity index (χ1n) is 7.36. The summed E-state index contributed by atoms with van der Waals surface area (Å²) in [6.45, 7) is 1.88. The maximum absolute atomic E-state index is 6.01. The molecule has 0 radical (unpaired) electrons. The molecule has 0 spiro atoms. The lowest BCUT2D eigenvalue weighted by Gasteiger charge is -2.10. The molecule has 0 saturated heterocycles. The van der Waals surface area contributed by atoms with E-state index in [1.54, 1.807) is 0 Å². The topological polar surface area (TPSA) is 48.2 Å². The van der Waals surface area contributed by atoms with Gasteiger partial charge in [0.2, 0.25) is 0 Å². The number of benzene rings is 2. The summed E-state index contributed by atoms with van der Waals surface area (Å²) in [4.78, 5) is 4.67. The largest absolute Gasteiger partial charge is 0.457 e. The Morgan fingerprint density at radius 1 is 0.870 bits per heavy atom. The third kappa shape index (κ3) is 2.55. The molecular weight excluding hydrogens is 288 g/mol. The minimum absolute atomic E-state index is 0.688. The highest BCUT2D eigenvalue weighted by atomic mass is 16.5. The highest BCUT2D eigenvalue weighted by Crippen LogP contribution is 2.33. The number of aromatic nitrogens is 2. The van der Waals surface area contributed by atoms with Gasteiger partial charge in [-0.15, -0.1) is 0 Å². The zero-order chi connectivity index (χ0) is 15.6. The van der Waals surface area contributed by atoms with Gasteiger partial charge in [0.15, 0.2) is 5.58 Å². The number of para-hydroxylation sites is 2. The van der Waals surface area contributed by atoms with E-state index >= 15 is 0 Å². The van der Waals surface area contributed by atoms with E-state index in [1.807, 2.05) is 73.7 Å². The third-order valence-electron chi connectivity index (χ3n) is 3.62. The highest BCUT2D eigenvalue weighted by Gasteiger charge is 2.12. The molecule has 0 unspecified atom stereocenters. The van der Waals surface area contributed by atoms with Crippen molar-refractivity contribution in [2.45, 2.75) is 6.92 Å². The van der Waals surface area contributed by atoms with Gasteiger partial charge in [0.05, 0.1) is 5.69 Å². The number of ether oxygens (including phenoxy) is 1. The van der Waals surface area contributed by atoms with E-state index in [0.29, 0.717) is 5.58 Å². The monoisotopic (exact) mass is 302 g/mol. The standard InChI is InChI=1S/C19H14N2O2/c1-13-19-18(23-21-13)12-11-16(20-19)15-9-5-6-10-17(15)22-14-7-3-2-4-8-14/h2-12H,1H3. The van der Waals surface area contributed by atoms with Crippen LogP contribution in [0.1, 0.15) is 5.69 Å². The maximum atomic E-state index is 6.01. The van der Waals surface area contributed by atoms with E-state index in [4.69, 9.17) is 9.26 Å². The van der Waals surface area contributed by atoms with Crippen molar-refractivity contribution in [3.63, 3.8) is 0 Å². The Hall–Kier alpha value is -3.14. The van der Waals surface area contributed by atoms with Crippen molar-refractivity contribution in [3.8, 4) is 22.8 Å². The second-order valence-corrected chi connectivity index (χ2v) is 5.22. The fourth-order valence-electron chi connectivity index (χ4n) is 2.47. The summed E-state index contributed by atoms with van der Waals surface area (Å²) in [6, 6.07) is 21.4. The summed E-state index contributed by atoms with van der Waals surface area (Å²) in [6.07, 6.45) is 0. The summed E-state index contributed by atoms with van der Waals surface area (Å²) < 4.78 is 11.2. The van der Waals surface area contributed by atoms with Crippen molar-refractivity contribution in [1.29, 1.82) is 0 Å². The van der Waals surface area contributed by atoms with Gasteiger partial charge in [0.1, 0.15) is 22.7 Å². The van der Waals surface area contributed by atoms with Crippen LogP contribution in [-0.2, 0) is 0 Å². The molecule has 4 rings (SSSR count). The van der Waals surface area contributed by atoms with Crippen molar-refractivity contribution in [3.05, 3.63) is 72.4 Å². The molecule has 0 saturated carbocycles. The number of fused-ring (bicyclic) bond motifs is 1. The van der Waals surface area contributed by atoms with E-state index in [-0.39, 0.29) is 0 Å². The highest BCUT2D eigenvalue weighted by molar-refractivity contribution is 5.79. The molecule has 23 heavy (non-hydrogen) atoms. The number of hydrogen-bond acceptors (Lipinski definition) is 4. The lowest BCUT2D eigenvalue weighted by molar-refractivity contribution is 0.450. The van der Waals surface area contributed by atoms with Crippen LogP contribution in [-0.4, -0.2) is 10.1 Å². The van der Waals surface area contributed by atoms with Gasteiger partial charge in [-0.2, -0.15) is 0 Å². The van der Waals surface area contributed by atoms with E-state index in [2.05, 4.69) is 10.1 Å². The molecular formula is C19H14N2O2. The van der Waals surface area contributed by atoms with Gasteiger partial charge in [-0.25, -0.2) is 4.98 Å². The Kier molecular flexibility index (Phi) is 3.27. The number of rotatable bonds is 3. The van der Waals surface area contributed by atoms with Crippen molar-refractivity contribution < 1.29 is 9.26 Å². The first-order chi connectivity index (χ1) is 11.3. The van der Waals surface area contributed by atoms with Gasteiger partial charge in [0, 0.05) is 5.56 Å². The van der Waals surface area contributed by atoms with E-state index in [0.717, 1.165) is 34.0 Å². The zero-order valence-electron chi connectivity index (χ0n) is 12.6. The van der Waals surface area contributed by atoms with Gasteiger partial charge in [-0.3, -0.25) is 0 Å². The summed E-state index contributed by atoms with van der Waals surface area (Å²) >= 11 is 0. The maximum Gasteiger partial charge on any atom is 0.185 e. The summed E-state index contributed by atoms with van der Waals surface area (Å²) in [5.41, 5.74) is 4.00. The molecule has 4 heteroatoms. The van der Waals surface area contributed by atoms with E-state index in [1.165, 1.54) is 0 Å². The molecule has 0 bridgehead atoms. The molecule has 112 valence electrons. The van der Waals surface area contributed by atoms with Gasteiger partial charge in [0.25, 0.3) is 0 Å². The average Bonchev–Trinajstić information content (AvgIpc) is 2.97. The Bertz CT molecular complexity index is 961. The van der Waals surface area contributed by atoms with Crippen molar-refractivity contribution in [1.82, 2.24) is 10.1 Å². The number of hydrogen-bond donors (Lipinski definition) is 0. The van der Waals surface area contributed by atoms with E-state index in [9.17, 15) is 0 Å². The van der Waals surface area contributed by atoms with Gasteiger partial charge < -0.3 is 9.26 Å². The molecule has 0 aliphatic rings. The molecule has 0 fully saturated rings. The van der Waals surface area contributed by atoms with Crippen LogP contribution in [0.5, 0.6) is 11.5 Å². The summed E-state index contributed by atoms with van der Waals surface area (Å²) in [5, 5.41) is 3.95. The first-order valence-corrected chi connectivity index (χ1v) is 7.36.